The Morgan fingerprint density at radius 3 is 2.25 bits per heavy atom. The maximum Gasteiger partial charge on any atom is 0.166 e. The van der Waals surface area contributed by atoms with Crippen LogP contribution in [0.15, 0.2) is 52.7 Å². The van der Waals surface area contributed by atoms with Gasteiger partial charge in [0.1, 0.15) is 5.75 Å². The van der Waals surface area contributed by atoms with Crippen molar-refractivity contribution in [3.8, 4) is 17.2 Å². The third-order valence-electron chi connectivity index (χ3n) is 2.65. The fourth-order valence-corrected chi connectivity index (χ4v) is 1.60. The number of benzene rings is 2. The molecule has 0 radical (unpaired) electrons. The summed E-state index contributed by atoms with van der Waals surface area (Å²) in [7, 11) is 1.48. The van der Waals surface area contributed by atoms with Crippen molar-refractivity contribution in [1.29, 1.82) is 0 Å². The van der Waals surface area contributed by atoms with E-state index in [1.165, 1.54) is 19.5 Å². The van der Waals surface area contributed by atoms with Crippen molar-refractivity contribution in [2.75, 3.05) is 7.11 Å². The van der Waals surface area contributed by atoms with E-state index in [9.17, 15) is 10.2 Å². The number of hydrogen-bond acceptors (Lipinski definition) is 5. The van der Waals surface area contributed by atoms with Crippen LogP contribution in [0, 0.1) is 0 Å². The normalized spacial score (nSPS) is 11.2. The predicted octanol–water partition coefficient (Wildman–Crippen LogP) is 2.56. The van der Waals surface area contributed by atoms with Gasteiger partial charge in [-0.1, -0.05) is 18.2 Å². The highest BCUT2D eigenvalue weighted by Gasteiger charge is 2.04. The molecule has 0 heterocycles. The molecule has 2 rings (SSSR count). The second-order valence-electron chi connectivity index (χ2n) is 3.95. The Balaban J connectivity index is 2.13. The highest BCUT2D eigenvalue weighted by molar-refractivity contribution is 5.86. The standard InChI is InChI=1S/C15H14N2O3/c1-20-14-8-4-6-12(15(14)19)10-17-16-9-11-5-2-3-7-13(11)18/h2-10,18-19H,1H3/b16-9+,17-10+. The maximum atomic E-state index is 9.84. The van der Waals surface area contributed by atoms with Crippen molar-refractivity contribution in [3.05, 3.63) is 53.6 Å². The van der Waals surface area contributed by atoms with Crippen LogP contribution < -0.4 is 4.74 Å². The largest absolute Gasteiger partial charge is 0.507 e. The lowest BCUT2D eigenvalue weighted by molar-refractivity contribution is 0.373. The van der Waals surface area contributed by atoms with Gasteiger partial charge in [0.15, 0.2) is 11.5 Å². The maximum absolute atomic E-state index is 9.84. The molecule has 0 spiro atoms. The Morgan fingerprint density at radius 1 is 0.900 bits per heavy atom. The number of phenols is 2. The summed E-state index contributed by atoms with van der Waals surface area (Å²) in [5.74, 6) is 0.519. The fraction of sp³-hybridized carbons (Fsp3) is 0.0667. The smallest absolute Gasteiger partial charge is 0.166 e. The number of nitrogens with zero attached hydrogens (tertiary/aromatic N) is 2. The molecule has 0 saturated heterocycles. The fourth-order valence-electron chi connectivity index (χ4n) is 1.60. The molecule has 102 valence electrons. The van der Waals surface area contributed by atoms with Gasteiger partial charge in [-0.3, -0.25) is 0 Å². The minimum atomic E-state index is 0.0107. The molecule has 0 atom stereocenters. The summed E-state index contributed by atoms with van der Waals surface area (Å²) < 4.78 is 4.99. The van der Waals surface area contributed by atoms with Crippen molar-refractivity contribution >= 4 is 12.4 Å². The topological polar surface area (TPSA) is 74.4 Å². The minimum Gasteiger partial charge on any atom is -0.507 e. The molecule has 5 nitrogen and oxygen atoms in total. The van der Waals surface area contributed by atoms with Gasteiger partial charge in [0.05, 0.1) is 19.5 Å². The molecule has 2 aromatic carbocycles. The zero-order valence-electron chi connectivity index (χ0n) is 10.9. The first kappa shape index (κ1) is 13.6. The summed E-state index contributed by atoms with van der Waals surface area (Å²) in [6.07, 6.45) is 2.84. The molecule has 0 fully saturated rings. The van der Waals surface area contributed by atoms with E-state index >= 15 is 0 Å². The molecular weight excluding hydrogens is 256 g/mol. The van der Waals surface area contributed by atoms with Crippen molar-refractivity contribution in [1.82, 2.24) is 0 Å². The van der Waals surface area contributed by atoms with Gasteiger partial charge in [-0.25, -0.2) is 0 Å². The lowest BCUT2D eigenvalue weighted by atomic mass is 10.2. The van der Waals surface area contributed by atoms with Gasteiger partial charge in [-0.05, 0) is 24.3 Å². The number of para-hydroxylation sites is 2. The van der Waals surface area contributed by atoms with Gasteiger partial charge in [0, 0.05) is 11.1 Å². The molecule has 0 aliphatic carbocycles. The first-order chi connectivity index (χ1) is 9.72. The second-order valence-corrected chi connectivity index (χ2v) is 3.95. The third-order valence-corrected chi connectivity index (χ3v) is 2.65. The summed E-state index contributed by atoms with van der Waals surface area (Å²) in [4.78, 5) is 0. The Hall–Kier alpha value is -2.82. The Morgan fingerprint density at radius 2 is 1.55 bits per heavy atom. The summed E-state index contributed by atoms with van der Waals surface area (Å²) in [6.45, 7) is 0. The molecule has 20 heavy (non-hydrogen) atoms. The molecule has 0 aromatic heterocycles. The molecular formula is C15H14N2O3. The summed E-state index contributed by atoms with van der Waals surface area (Å²) >= 11 is 0. The number of ether oxygens (including phenoxy) is 1. The number of aromatic hydroxyl groups is 2. The summed E-state index contributed by atoms with van der Waals surface area (Å²) in [5, 5.41) is 27.0. The van der Waals surface area contributed by atoms with E-state index in [0.29, 0.717) is 16.9 Å². The Kier molecular flexibility index (Phi) is 4.34. The molecule has 0 bridgehead atoms. The first-order valence-corrected chi connectivity index (χ1v) is 5.92. The van der Waals surface area contributed by atoms with Crippen LogP contribution in [0.4, 0.5) is 0 Å². The zero-order chi connectivity index (χ0) is 14.4. The second kappa shape index (κ2) is 6.38. The van der Waals surface area contributed by atoms with Crippen LogP contribution in [0.3, 0.4) is 0 Å². The lowest BCUT2D eigenvalue weighted by Gasteiger charge is -2.04. The highest BCUT2D eigenvalue weighted by atomic mass is 16.5. The van der Waals surface area contributed by atoms with Crippen LogP contribution >= 0.6 is 0 Å². The van der Waals surface area contributed by atoms with Crippen molar-refractivity contribution < 1.29 is 14.9 Å². The molecule has 0 saturated carbocycles. The number of methoxy groups -OCH3 is 1. The van der Waals surface area contributed by atoms with Gasteiger partial charge in [-0.2, -0.15) is 10.2 Å². The van der Waals surface area contributed by atoms with E-state index < -0.39 is 0 Å². The molecule has 0 amide bonds. The lowest BCUT2D eigenvalue weighted by Crippen LogP contribution is -1.88. The van der Waals surface area contributed by atoms with E-state index in [-0.39, 0.29) is 11.5 Å². The molecule has 0 aliphatic heterocycles. The SMILES string of the molecule is COc1cccc(/C=N/N=C/c2ccccc2O)c1O. The van der Waals surface area contributed by atoms with Gasteiger partial charge in [0.2, 0.25) is 0 Å². The average Bonchev–Trinajstić information content (AvgIpc) is 2.47. The Labute approximate surface area is 116 Å². The zero-order valence-corrected chi connectivity index (χ0v) is 10.9. The van der Waals surface area contributed by atoms with E-state index in [1.54, 1.807) is 42.5 Å². The molecule has 2 aromatic rings. The van der Waals surface area contributed by atoms with Gasteiger partial charge >= 0.3 is 0 Å². The first-order valence-electron chi connectivity index (χ1n) is 5.92. The quantitative estimate of drug-likeness (QED) is 0.662. The van der Waals surface area contributed by atoms with E-state index in [4.69, 9.17) is 4.74 Å². The van der Waals surface area contributed by atoms with Crippen LogP contribution in [0.1, 0.15) is 11.1 Å². The van der Waals surface area contributed by atoms with Gasteiger partial charge in [0.25, 0.3) is 0 Å². The predicted molar refractivity (Wildman–Crippen MR) is 78.0 cm³/mol. The molecule has 5 heteroatoms. The third kappa shape index (κ3) is 3.14. The molecule has 0 aliphatic rings. The minimum absolute atomic E-state index is 0.0107. The van der Waals surface area contributed by atoms with Gasteiger partial charge in [-0.15, -0.1) is 0 Å². The van der Waals surface area contributed by atoms with Crippen LogP contribution in [0.5, 0.6) is 17.2 Å². The van der Waals surface area contributed by atoms with Crippen molar-refractivity contribution in [2.45, 2.75) is 0 Å². The van der Waals surface area contributed by atoms with Crippen molar-refractivity contribution in [2.24, 2.45) is 10.2 Å². The summed E-state index contributed by atoms with van der Waals surface area (Å²) in [6, 6.07) is 11.9. The van der Waals surface area contributed by atoms with Crippen molar-refractivity contribution in [3.63, 3.8) is 0 Å². The number of phenolic OH excluding ortho intramolecular Hbond substituents is 2. The molecule has 0 unspecified atom stereocenters. The molecule has 2 N–H and O–H groups in total. The van der Waals surface area contributed by atoms with E-state index in [0.717, 1.165) is 0 Å². The monoisotopic (exact) mass is 270 g/mol. The van der Waals surface area contributed by atoms with Crippen LogP contribution in [-0.4, -0.2) is 29.8 Å². The van der Waals surface area contributed by atoms with E-state index in [1.807, 2.05) is 0 Å². The van der Waals surface area contributed by atoms with Crippen LogP contribution in [0.2, 0.25) is 0 Å². The van der Waals surface area contributed by atoms with E-state index in [2.05, 4.69) is 10.2 Å². The van der Waals surface area contributed by atoms with Gasteiger partial charge < -0.3 is 14.9 Å². The van der Waals surface area contributed by atoms with Crippen LogP contribution in [0.25, 0.3) is 0 Å². The Bertz CT molecular complexity index is 651. The van der Waals surface area contributed by atoms with Crippen LogP contribution in [-0.2, 0) is 0 Å². The highest BCUT2D eigenvalue weighted by Crippen LogP contribution is 2.27. The summed E-state index contributed by atoms with van der Waals surface area (Å²) in [5.41, 5.74) is 1.07. The average molecular weight is 270 g/mol. The number of rotatable bonds is 4. The number of hydrogen-bond donors (Lipinski definition) is 2.